The van der Waals surface area contributed by atoms with Crippen molar-refractivity contribution in [1.82, 2.24) is 20.4 Å². The Balaban J connectivity index is 1.64. The number of nitrogens with zero attached hydrogens (tertiary/aromatic N) is 2. The fourth-order valence-corrected chi connectivity index (χ4v) is 4.47. The summed E-state index contributed by atoms with van der Waals surface area (Å²) in [6.07, 6.45) is -0.714. The largest absolute Gasteiger partial charge is 0.491 e. The van der Waals surface area contributed by atoms with Gasteiger partial charge in [-0.25, -0.2) is 0 Å². The normalized spacial score (nSPS) is 21.6. The summed E-state index contributed by atoms with van der Waals surface area (Å²) >= 11 is 0. The molecule has 10 heteroatoms. The molecular weight excluding hydrogens is 476 g/mol. The van der Waals surface area contributed by atoms with Gasteiger partial charge in [-0.15, -0.1) is 0 Å². The molecule has 0 spiro atoms. The number of para-hydroxylation sites is 1. The summed E-state index contributed by atoms with van der Waals surface area (Å²) in [7, 11) is 0. The minimum Gasteiger partial charge on any atom is -0.491 e. The van der Waals surface area contributed by atoms with E-state index >= 15 is 0 Å². The first-order chi connectivity index (χ1) is 17.9. The van der Waals surface area contributed by atoms with E-state index in [9.17, 15) is 24.3 Å². The van der Waals surface area contributed by atoms with E-state index in [1.807, 2.05) is 37.3 Å². The second-order valence-electron chi connectivity index (χ2n) is 9.20. The Morgan fingerprint density at radius 2 is 1.73 bits per heavy atom. The van der Waals surface area contributed by atoms with Gasteiger partial charge in [-0.3, -0.25) is 19.2 Å². The molecule has 0 radical (unpaired) electrons. The second kappa shape index (κ2) is 11.9. The number of hydrogen-bond donors (Lipinski definition) is 3. The molecule has 2 aliphatic rings. The maximum Gasteiger partial charge on any atom is 0.255 e. The van der Waals surface area contributed by atoms with Gasteiger partial charge in [0.2, 0.25) is 17.7 Å². The molecule has 2 aliphatic heterocycles. The van der Waals surface area contributed by atoms with Gasteiger partial charge in [-0.05, 0) is 24.6 Å². The molecule has 37 heavy (non-hydrogen) atoms. The van der Waals surface area contributed by atoms with E-state index < -0.39 is 35.9 Å². The van der Waals surface area contributed by atoms with Crippen LogP contribution in [0.2, 0.25) is 0 Å². The Bertz CT molecular complexity index is 1130. The quantitative estimate of drug-likeness (QED) is 0.547. The van der Waals surface area contributed by atoms with E-state index in [2.05, 4.69) is 10.6 Å². The summed E-state index contributed by atoms with van der Waals surface area (Å²) in [5.41, 5.74) is 1.09. The zero-order valence-corrected chi connectivity index (χ0v) is 20.8. The van der Waals surface area contributed by atoms with Gasteiger partial charge in [0.15, 0.2) is 0 Å². The number of benzene rings is 2. The highest BCUT2D eigenvalue weighted by atomic mass is 16.5. The highest BCUT2D eigenvalue weighted by Crippen LogP contribution is 2.20. The molecule has 2 heterocycles. The average molecular weight is 509 g/mol. The van der Waals surface area contributed by atoms with Gasteiger partial charge in [-0.1, -0.05) is 42.5 Å². The Kier molecular flexibility index (Phi) is 8.39. The van der Waals surface area contributed by atoms with Crippen molar-refractivity contribution in [2.24, 2.45) is 0 Å². The van der Waals surface area contributed by atoms with Crippen molar-refractivity contribution in [2.45, 2.75) is 38.0 Å². The topological polar surface area (TPSA) is 128 Å². The smallest absolute Gasteiger partial charge is 0.255 e. The zero-order chi connectivity index (χ0) is 26.4. The van der Waals surface area contributed by atoms with E-state index in [4.69, 9.17) is 4.74 Å². The Hall–Kier alpha value is -3.92. The van der Waals surface area contributed by atoms with E-state index in [-0.39, 0.29) is 50.6 Å². The monoisotopic (exact) mass is 508 g/mol. The maximum absolute atomic E-state index is 13.5. The van der Waals surface area contributed by atoms with Gasteiger partial charge in [0.25, 0.3) is 5.91 Å². The van der Waals surface area contributed by atoms with Crippen LogP contribution in [0.15, 0.2) is 54.6 Å². The van der Waals surface area contributed by atoms with Crippen molar-refractivity contribution < 1.29 is 29.0 Å². The first kappa shape index (κ1) is 26.2. The van der Waals surface area contributed by atoms with Gasteiger partial charge in [0.1, 0.15) is 24.4 Å². The first-order valence-corrected chi connectivity index (χ1v) is 12.5. The number of aliphatic hydroxyl groups is 1. The molecule has 1 fully saturated rings. The molecule has 0 saturated carbocycles. The predicted molar refractivity (Wildman–Crippen MR) is 135 cm³/mol. The van der Waals surface area contributed by atoms with Gasteiger partial charge in [-0.2, -0.15) is 0 Å². The number of aliphatic hydroxyl groups excluding tert-OH is 1. The summed E-state index contributed by atoms with van der Waals surface area (Å²) < 4.78 is 5.88. The highest BCUT2D eigenvalue weighted by molar-refractivity contribution is 6.01. The molecule has 1 saturated heterocycles. The molecule has 0 aromatic heterocycles. The van der Waals surface area contributed by atoms with Gasteiger partial charge >= 0.3 is 0 Å². The molecule has 10 nitrogen and oxygen atoms in total. The average Bonchev–Trinajstić information content (AvgIpc) is 2.88. The van der Waals surface area contributed by atoms with Crippen molar-refractivity contribution in [2.75, 3.05) is 32.8 Å². The van der Waals surface area contributed by atoms with Crippen LogP contribution in [0.5, 0.6) is 5.75 Å². The van der Waals surface area contributed by atoms with E-state index in [1.165, 1.54) is 4.90 Å². The number of likely N-dealkylation sites (N-methyl/N-ethyl adjacent to an activating group) is 1. The predicted octanol–water partition coefficient (Wildman–Crippen LogP) is 0.347. The summed E-state index contributed by atoms with van der Waals surface area (Å²) in [4.78, 5) is 55.9. The number of amides is 4. The van der Waals surface area contributed by atoms with Crippen molar-refractivity contribution in [3.8, 4) is 5.75 Å². The van der Waals surface area contributed by atoms with Crippen LogP contribution in [0.25, 0.3) is 0 Å². The van der Waals surface area contributed by atoms with Crippen molar-refractivity contribution >= 4 is 23.6 Å². The Labute approximate surface area is 215 Å². The van der Waals surface area contributed by atoms with Crippen LogP contribution in [0.4, 0.5) is 0 Å². The fourth-order valence-electron chi connectivity index (χ4n) is 4.47. The van der Waals surface area contributed by atoms with Gasteiger partial charge in [0.05, 0.1) is 24.6 Å². The number of carbonyl (C=O) groups excluding carboxylic acids is 4. The number of hydrogen-bond acceptors (Lipinski definition) is 6. The summed E-state index contributed by atoms with van der Waals surface area (Å²) in [5.74, 6) is -1.50. The SMILES string of the molecule is CCN1CCOc2ccccc2C(=O)N[C@H](C(=O)N2CC(O)C2)CC(=O)N[C@@H](Cc2ccccc2)C1=O. The molecule has 4 rings (SSSR count). The molecule has 4 amide bonds. The third-order valence-corrected chi connectivity index (χ3v) is 6.53. The second-order valence-corrected chi connectivity index (χ2v) is 9.20. The lowest BCUT2D eigenvalue weighted by molar-refractivity contribution is -0.145. The Morgan fingerprint density at radius 3 is 2.43 bits per heavy atom. The minimum absolute atomic E-state index is 0.132. The summed E-state index contributed by atoms with van der Waals surface area (Å²) in [6, 6.07) is 13.9. The maximum atomic E-state index is 13.5. The molecule has 0 bridgehead atoms. The molecule has 2 aromatic carbocycles. The zero-order valence-electron chi connectivity index (χ0n) is 20.8. The fraction of sp³-hybridized carbons (Fsp3) is 0.407. The number of nitrogens with one attached hydrogen (secondary N) is 2. The van der Waals surface area contributed by atoms with Gasteiger partial charge < -0.3 is 30.3 Å². The number of ether oxygens (including phenoxy) is 1. The standard InChI is InChI=1S/C27H32N4O6/c1-2-30-12-13-37-23-11-7-6-10-20(23)25(34)29-22(27(36)31-16-19(32)17-31)15-24(33)28-21(26(30)35)14-18-8-4-3-5-9-18/h3-11,19,21-22,32H,2,12-17H2,1H3,(H,28,33)(H,29,34)/t21-,22-/m0/s1. The number of carbonyl (C=O) groups is 4. The van der Waals surface area contributed by atoms with Crippen molar-refractivity contribution in [3.63, 3.8) is 0 Å². The number of fused-ring (bicyclic) bond motifs is 1. The molecule has 3 N–H and O–H groups in total. The lowest BCUT2D eigenvalue weighted by Gasteiger charge is -2.38. The minimum atomic E-state index is -1.18. The van der Waals surface area contributed by atoms with Crippen molar-refractivity contribution in [3.05, 3.63) is 65.7 Å². The summed E-state index contributed by atoms with van der Waals surface area (Å²) in [5, 5.41) is 15.1. The van der Waals surface area contributed by atoms with Crippen LogP contribution >= 0.6 is 0 Å². The van der Waals surface area contributed by atoms with E-state index in [0.717, 1.165) is 5.56 Å². The van der Waals surface area contributed by atoms with Crippen molar-refractivity contribution in [1.29, 1.82) is 0 Å². The molecule has 0 aliphatic carbocycles. The molecule has 2 atom stereocenters. The third-order valence-electron chi connectivity index (χ3n) is 6.53. The van der Waals surface area contributed by atoms with Crippen LogP contribution in [0.1, 0.15) is 29.3 Å². The Morgan fingerprint density at radius 1 is 1.03 bits per heavy atom. The molecular formula is C27H32N4O6. The van der Waals surface area contributed by atoms with Crippen LogP contribution in [0.3, 0.4) is 0 Å². The molecule has 2 aromatic rings. The van der Waals surface area contributed by atoms with E-state index in [0.29, 0.717) is 12.3 Å². The van der Waals surface area contributed by atoms with Crippen LogP contribution in [0, 0.1) is 0 Å². The number of β-amino-alcohol motifs (C(OH)–C–C–N with tert-alkyl or cyclic N) is 1. The van der Waals surface area contributed by atoms with Crippen LogP contribution < -0.4 is 15.4 Å². The third kappa shape index (κ3) is 6.45. The van der Waals surface area contributed by atoms with Gasteiger partial charge in [0, 0.05) is 26.1 Å². The number of rotatable bonds is 4. The van der Waals surface area contributed by atoms with Crippen LogP contribution in [-0.4, -0.2) is 89.5 Å². The first-order valence-electron chi connectivity index (χ1n) is 12.5. The molecule has 0 unspecified atom stereocenters. The summed E-state index contributed by atoms with van der Waals surface area (Å²) in [6.45, 7) is 2.93. The molecule has 196 valence electrons. The van der Waals surface area contributed by atoms with E-state index in [1.54, 1.807) is 29.2 Å². The van der Waals surface area contributed by atoms with Crippen LogP contribution in [-0.2, 0) is 20.8 Å². The number of likely N-dealkylation sites (tertiary alicyclic amines) is 1. The highest BCUT2D eigenvalue weighted by Gasteiger charge is 2.36. The lowest BCUT2D eigenvalue weighted by atomic mass is 10.0. The lowest BCUT2D eigenvalue weighted by Crippen LogP contribution is -2.60.